The summed E-state index contributed by atoms with van der Waals surface area (Å²) in [6.07, 6.45) is -0.147. The zero-order valence-electron chi connectivity index (χ0n) is 11.9. The minimum atomic E-state index is -0.648. The van der Waals surface area contributed by atoms with Crippen molar-refractivity contribution in [2.45, 2.75) is 59.6 Å². The third-order valence-electron chi connectivity index (χ3n) is 1.58. The zero-order chi connectivity index (χ0) is 14.1. The molecule has 0 saturated carbocycles. The van der Waals surface area contributed by atoms with E-state index in [2.05, 4.69) is 10.1 Å². The highest BCUT2D eigenvalue weighted by molar-refractivity contribution is 5.81. The number of nitrogens with one attached hydrogen (secondary N) is 1. The molecule has 17 heavy (non-hydrogen) atoms. The first-order valence-electron chi connectivity index (χ1n) is 5.87. The maximum absolute atomic E-state index is 11.3. The lowest BCUT2D eigenvalue weighted by molar-refractivity contribution is -0.143. The number of esters is 1. The van der Waals surface area contributed by atoms with Crippen LogP contribution in [0.2, 0.25) is 0 Å². The van der Waals surface area contributed by atoms with Gasteiger partial charge >= 0.3 is 12.1 Å². The molecule has 0 aliphatic carbocycles. The second-order valence-electron chi connectivity index (χ2n) is 4.13. The zero-order valence-corrected chi connectivity index (χ0v) is 11.9. The van der Waals surface area contributed by atoms with E-state index >= 15 is 0 Å². The fourth-order valence-electron chi connectivity index (χ4n) is 0.920. The van der Waals surface area contributed by atoms with Crippen molar-refractivity contribution in [3.05, 3.63) is 0 Å². The van der Waals surface area contributed by atoms with Gasteiger partial charge in [-0.1, -0.05) is 20.8 Å². The summed E-state index contributed by atoms with van der Waals surface area (Å²) >= 11 is 0. The van der Waals surface area contributed by atoms with Crippen LogP contribution in [0.3, 0.4) is 0 Å². The molecule has 1 amide bonds. The van der Waals surface area contributed by atoms with E-state index in [1.54, 1.807) is 27.7 Å². The Morgan fingerprint density at radius 2 is 1.71 bits per heavy atom. The van der Waals surface area contributed by atoms with Crippen molar-refractivity contribution in [2.24, 2.45) is 0 Å². The van der Waals surface area contributed by atoms with Crippen LogP contribution in [0.1, 0.15) is 48.0 Å². The van der Waals surface area contributed by atoms with Gasteiger partial charge in [0, 0.05) is 0 Å². The minimum Gasteiger partial charge on any atom is -0.467 e. The highest BCUT2D eigenvalue weighted by atomic mass is 16.6. The number of hydrogen-bond donors (Lipinski definition) is 1. The van der Waals surface area contributed by atoms with Gasteiger partial charge in [-0.05, 0) is 27.2 Å². The van der Waals surface area contributed by atoms with Gasteiger partial charge in [0.05, 0.1) is 7.11 Å². The molecule has 0 unspecified atom stereocenters. The summed E-state index contributed by atoms with van der Waals surface area (Å²) in [7, 11) is 1.28. The molecule has 1 atom stereocenters. The maximum Gasteiger partial charge on any atom is 0.408 e. The molecule has 0 bridgehead atoms. The Kier molecular flexibility index (Phi) is 9.42. The Hall–Kier alpha value is -1.26. The fraction of sp³-hybridized carbons (Fsp3) is 0.833. The minimum absolute atomic E-state index is 0.464. The lowest BCUT2D eigenvalue weighted by atomic mass is 10.2. The summed E-state index contributed by atoms with van der Waals surface area (Å²) in [5.74, 6) is -0.469. The molecule has 0 saturated heterocycles. The van der Waals surface area contributed by atoms with Crippen LogP contribution in [0.5, 0.6) is 0 Å². The Labute approximate surface area is 104 Å². The number of amides is 1. The van der Waals surface area contributed by atoms with Crippen LogP contribution in [0.4, 0.5) is 4.79 Å². The van der Waals surface area contributed by atoms with Crippen molar-refractivity contribution in [3.63, 3.8) is 0 Å². The molecule has 102 valence electrons. The summed E-state index contributed by atoms with van der Waals surface area (Å²) in [6.45, 7) is 11.0. The van der Waals surface area contributed by atoms with E-state index in [-0.39, 0.29) is 0 Å². The lowest BCUT2D eigenvalue weighted by Crippen LogP contribution is -2.43. The largest absolute Gasteiger partial charge is 0.467 e. The Balaban J connectivity index is 0. The molecular formula is C12H25NO4. The van der Waals surface area contributed by atoms with Gasteiger partial charge in [-0.25, -0.2) is 9.59 Å². The quantitative estimate of drug-likeness (QED) is 0.778. The summed E-state index contributed by atoms with van der Waals surface area (Å²) in [5, 5.41) is 2.44. The van der Waals surface area contributed by atoms with Crippen molar-refractivity contribution >= 4 is 12.1 Å². The monoisotopic (exact) mass is 247 g/mol. The predicted octanol–water partition coefficient (Wildman–Crippen LogP) is 2.49. The second kappa shape index (κ2) is 8.84. The topological polar surface area (TPSA) is 64.6 Å². The Morgan fingerprint density at radius 1 is 1.24 bits per heavy atom. The summed E-state index contributed by atoms with van der Waals surface area (Å²) < 4.78 is 9.53. The summed E-state index contributed by atoms with van der Waals surface area (Å²) in [6, 6.07) is -0.648. The molecular weight excluding hydrogens is 222 g/mol. The molecule has 0 aliphatic rings. The third-order valence-corrected chi connectivity index (χ3v) is 1.58. The van der Waals surface area contributed by atoms with Crippen LogP contribution < -0.4 is 5.32 Å². The molecule has 0 fully saturated rings. The number of alkyl carbamates (subject to hydrolysis) is 1. The van der Waals surface area contributed by atoms with E-state index in [1.807, 2.05) is 13.8 Å². The Bertz CT molecular complexity index is 233. The third kappa shape index (κ3) is 9.66. The van der Waals surface area contributed by atoms with Crippen molar-refractivity contribution in [1.82, 2.24) is 5.32 Å². The van der Waals surface area contributed by atoms with Crippen LogP contribution in [0.25, 0.3) is 0 Å². The highest BCUT2D eigenvalue weighted by Crippen LogP contribution is 2.07. The van der Waals surface area contributed by atoms with Gasteiger partial charge in [0.25, 0.3) is 0 Å². The molecule has 5 heteroatoms. The van der Waals surface area contributed by atoms with Gasteiger partial charge in [0.15, 0.2) is 0 Å². The van der Waals surface area contributed by atoms with E-state index in [4.69, 9.17) is 4.74 Å². The molecule has 0 radical (unpaired) electrons. The standard InChI is InChI=1S/C10H19NO4.C2H6/c1-6-7(8(12)14-5)11-9(13)15-10(2,3)4;1-2/h7H,6H2,1-5H3,(H,11,13);1-2H3/t7-;/m1./s1. The first-order valence-corrected chi connectivity index (χ1v) is 5.87. The number of carbonyl (C=O) groups is 2. The lowest BCUT2D eigenvalue weighted by Gasteiger charge is -2.21. The number of ether oxygens (including phenoxy) is 2. The molecule has 0 aromatic carbocycles. The van der Waals surface area contributed by atoms with Gasteiger partial charge in [-0.3, -0.25) is 0 Å². The van der Waals surface area contributed by atoms with E-state index in [9.17, 15) is 9.59 Å². The molecule has 0 aromatic heterocycles. The second-order valence-corrected chi connectivity index (χ2v) is 4.13. The highest BCUT2D eigenvalue weighted by Gasteiger charge is 2.23. The van der Waals surface area contributed by atoms with Crippen LogP contribution >= 0.6 is 0 Å². The van der Waals surface area contributed by atoms with Crippen molar-refractivity contribution in [2.75, 3.05) is 7.11 Å². The van der Waals surface area contributed by atoms with E-state index in [0.717, 1.165) is 0 Å². The molecule has 0 heterocycles. The SMILES string of the molecule is CC.CC[C@@H](NC(=O)OC(C)(C)C)C(=O)OC. The predicted molar refractivity (Wildman–Crippen MR) is 66.8 cm³/mol. The normalized spacial score (nSPS) is 11.7. The van der Waals surface area contributed by atoms with E-state index in [0.29, 0.717) is 6.42 Å². The van der Waals surface area contributed by atoms with Crippen molar-refractivity contribution in [3.8, 4) is 0 Å². The average Bonchev–Trinajstić information content (AvgIpc) is 2.25. The summed E-state index contributed by atoms with van der Waals surface area (Å²) in [4.78, 5) is 22.5. The van der Waals surface area contributed by atoms with Gasteiger partial charge in [-0.2, -0.15) is 0 Å². The van der Waals surface area contributed by atoms with E-state index < -0.39 is 23.7 Å². The van der Waals surface area contributed by atoms with Crippen molar-refractivity contribution in [1.29, 1.82) is 0 Å². The number of hydrogen-bond acceptors (Lipinski definition) is 4. The van der Waals surface area contributed by atoms with Crippen molar-refractivity contribution < 1.29 is 19.1 Å². The van der Waals surface area contributed by atoms with Crippen LogP contribution in [-0.2, 0) is 14.3 Å². The Morgan fingerprint density at radius 3 is 2.00 bits per heavy atom. The van der Waals surface area contributed by atoms with Gasteiger partial charge < -0.3 is 14.8 Å². The van der Waals surface area contributed by atoms with Crippen LogP contribution in [-0.4, -0.2) is 30.8 Å². The fourth-order valence-corrected chi connectivity index (χ4v) is 0.920. The first-order chi connectivity index (χ1) is 7.80. The molecule has 0 aliphatic heterocycles. The number of rotatable bonds is 3. The maximum atomic E-state index is 11.3. The molecule has 0 rings (SSSR count). The van der Waals surface area contributed by atoms with Crippen LogP contribution in [0.15, 0.2) is 0 Å². The number of methoxy groups -OCH3 is 1. The van der Waals surface area contributed by atoms with E-state index in [1.165, 1.54) is 7.11 Å². The summed E-state index contributed by atoms with van der Waals surface area (Å²) in [5.41, 5.74) is -0.571. The molecule has 1 N–H and O–H groups in total. The smallest absolute Gasteiger partial charge is 0.408 e. The first kappa shape index (κ1) is 18.1. The average molecular weight is 247 g/mol. The molecule has 5 nitrogen and oxygen atoms in total. The van der Waals surface area contributed by atoms with Crippen LogP contribution in [0, 0.1) is 0 Å². The van der Waals surface area contributed by atoms with Gasteiger partial charge in [-0.15, -0.1) is 0 Å². The number of carbonyl (C=O) groups excluding carboxylic acids is 2. The van der Waals surface area contributed by atoms with Gasteiger partial charge in [0.1, 0.15) is 11.6 Å². The molecule has 0 spiro atoms. The molecule has 0 aromatic rings. The van der Waals surface area contributed by atoms with Gasteiger partial charge in [0.2, 0.25) is 0 Å².